The summed E-state index contributed by atoms with van der Waals surface area (Å²) < 4.78 is 4.93. The molecule has 0 saturated heterocycles. The number of aryl methyl sites for hydroxylation is 1. The molecular weight excluding hydrogens is 274 g/mol. The first-order chi connectivity index (χ1) is 9.72. The van der Waals surface area contributed by atoms with E-state index in [-0.39, 0.29) is 5.52 Å². The fourth-order valence-corrected chi connectivity index (χ4v) is 2.53. The highest BCUT2D eigenvalue weighted by Gasteiger charge is 2.08. The lowest BCUT2D eigenvalue weighted by atomic mass is 10.2. The van der Waals surface area contributed by atoms with E-state index in [0.717, 1.165) is 5.75 Å². The van der Waals surface area contributed by atoms with Gasteiger partial charge in [-0.2, -0.15) is 4.98 Å². The van der Waals surface area contributed by atoms with E-state index in [4.69, 9.17) is 4.42 Å². The molecule has 3 rings (SSSR count). The molecule has 1 aromatic carbocycles. The van der Waals surface area contributed by atoms with Gasteiger partial charge in [-0.05, 0) is 5.56 Å². The summed E-state index contributed by atoms with van der Waals surface area (Å²) in [5, 5.41) is 0.680. The smallest absolute Gasteiger partial charge is 0.367 e. The van der Waals surface area contributed by atoms with Crippen LogP contribution >= 0.6 is 11.8 Å². The Morgan fingerprint density at radius 3 is 2.80 bits per heavy atom. The molecule has 20 heavy (non-hydrogen) atoms. The lowest BCUT2D eigenvalue weighted by Crippen LogP contribution is -2.06. The van der Waals surface area contributed by atoms with E-state index < -0.39 is 5.63 Å². The largest absolute Gasteiger partial charge is 0.407 e. The molecule has 0 radical (unpaired) electrons. The van der Waals surface area contributed by atoms with Gasteiger partial charge < -0.3 is 4.42 Å². The van der Waals surface area contributed by atoms with Crippen LogP contribution in [0.4, 0.5) is 0 Å². The summed E-state index contributed by atoms with van der Waals surface area (Å²) in [5.41, 5.74) is 1.19. The van der Waals surface area contributed by atoms with Gasteiger partial charge in [-0.1, -0.05) is 30.3 Å². The third kappa shape index (κ3) is 2.70. The Hall–Kier alpha value is -2.21. The van der Waals surface area contributed by atoms with E-state index in [9.17, 15) is 4.79 Å². The Bertz CT molecular complexity index is 802. The monoisotopic (exact) mass is 285 g/mol. The lowest BCUT2D eigenvalue weighted by Gasteiger charge is -2.02. The van der Waals surface area contributed by atoms with Gasteiger partial charge in [0.25, 0.3) is 0 Å². The Morgan fingerprint density at radius 2 is 2.00 bits per heavy atom. The standard InChI is InChI=1S/C14H11N3O2S/c1-9-16-13-12(14(18)19-9)17-11(7-15-13)20-8-10-5-3-2-4-6-10/h2-7H,8H2,1H3. The second kappa shape index (κ2) is 5.42. The zero-order chi connectivity index (χ0) is 13.9. The molecule has 0 N–H and O–H groups in total. The van der Waals surface area contributed by atoms with Gasteiger partial charge in [-0.3, -0.25) is 0 Å². The fraction of sp³-hybridized carbons (Fsp3) is 0.143. The number of nitrogens with zero attached hydrogens (tertiary/aromatic N) is 3. The molecule has 100 valence electrons. The van der Waals surface area contributed by atoms with Crippen LogP contribution in [0.1, 0.15) is 11.5 Å². The van der Waals surface area contributed by atoms with Crippen LogP contribution in [-0.4, -0.2) is 15.0 Å². The maximum Gasteiger partial charge on any atom is 0.367 e. The van der Waals surface area contributed by atoms with Crippen molar-refractivity contribution in [3.05, 3.63) is 58.4 Å². The molecule has 0 unspecified atom stereocenters. The Kier molecular flexibility index (Phi) is 3.47. The van der Waals surface area contributed by atoms with Crippen LogP contribution in [0.3, 0.4) is 0 Å². The zero-order valence-electron chi connectivity index (χ0n) is 10.7. The molecule has 0 aliphatic heterocycles. The van der Waals surface area contributed by atoms with Gasteiger partial charge in [0.15, 0.2) is 17.1 Å². The second-order valence-corrected chi connectivity index (χ2v) is 5.17. The molecule has 2 heterocycles. The zero-order valence-corrected chi connectivity index (χ0v) is 11.6. The van der Waals surface area contributed by atoms with Crippen molar-refractivity contribution in [2.45, 2.75) is 17.7 Å². The van der Waals surface area contributed by atoms with Gasteiger partial charge in [-0.15, -0.1) is 11.8 Å². The van der Waals surface area contributed by atoms with Crippen molar-refractivity contribution in [3.63, 3.8) is 0 Å². The van der Waals surface area contributed by atoms with E-state index in [1.165, 1.54) is 17.3 Å². The molecule has 0 aliphatic rings. The summed E-state index contributed by atoms with van der Waals surface area (Å²) in [7, 11) is 0. The van der Waals surface area contributed by atoms with E-state index >= 15 is 0 Å². The summed E-state index contributed by atoms with van der Waals surface area (Å²) >= 11 is 1.52. The van der Waals surface area contributed by atoms with Crippen LogP contribution in [0.25, 0.3) is 11.2 Å². The van der Waals surface area contributed by atoms with E-state index in [1.54, 1.807) is 13.1 Å². The third-order valence-corrected chi connectivity index (χ3v) is 3.63. The van der Waals surface area contributed by atoms with Gasteiger partial charge in [0.05, 0.1) is 6.20 Å². The molecular formula is C14H11N3O2S. The van der Waals surface area contributed by atoms with Gasteiger partial charge >= 0.3 is 5.63 Å². The molecule has 0 saturated carbocycles. The molecule has 0 fully saturated rings. The Balaban J connectivity index is 1.88. The minimum Gasteiger partial charge on any atom is -0.407 e. The summed E-state index contributed by atoms with van der Waals surface area (Å²) in [6, 6.07) is 10.0. The predicted molar refractivity (Wildman–Crippen MR) is 76.6 cm³/mol. The van der Waals surface area contributed by atoms with Crippen LogP contribution in [-0.2, 0) is 5.75 Å². The first-order valence-electron chi connectivity index (χ1n) is 6.03. The van der Waals surface area contributed by atoms with E-state index in [1.807, 2.05) is 30.3 Å². The summed E-state index contributed by atoms with van der Waals surface area (Å²) in [4.78, 5) is 24.2. The topological polar surface area (TPSA) is 68.9 Å². The predicted octanol–water partition coefficient (Wildman–Crippen LogP) is 2.58. The fourth-order valence-electron chi connectivity index (χ4n) is 1.74. The maximum atomic E-state index is 11.7. The average molecular weight is 285 g/mol. The normalized spacial score (nSPS) is 10.8. The summed E-state index contributed by atoms with van der Waals surface area (Å²) in [6.07, 6.45) is 1.63. The first-order valence-corrected chi connectivity index (χ1v) is 7.02. The third-order valence-electron chi connectivity index (χ3n) is 2.66. The molecule has 0 bridgehead atoms. The van der Waals surface area contributed by atoms with Crippen molar-refractivity contribution in [1.82, 2.24) is 15.0 Å². The Morgan fingerprint density at radius 1 is 1.20 bits per heavy atom. The maximum absolute atomic E-state index is 11.7. The van der Waals surface area contributed by atoms with Crippen molar-refractivity contribution in [3.8, 4) is 0 Å². The number of hydrogen-bond donors (Lipinski definition) is 0. The molecule has 2 aromatic heterocycles. The van der Waals surface area contributed by atoms with Gasteiger partial charge in [0.1, 0.15) is 5.03 Å². The van der Waals surface area contributed by atoms with Crippen LogP contribution in [0, 0.1) is 6.92 Å². The number of thioether (sulfide) groups is 1. The summed E-state index contributed by atoms with van der Waals surface area (Å²) in [5.74, 6) is 1.06. The van der Waals surface area contributed by atoms with E-state index in [2.05, 4.69) is 15.0 Å². The number of hydrogen-bond acceptors (Lipinski definition) is 6. The van der Waals surface area contributed by atoms with Crippen molar-refractivity contribution >= 4 is 22.9 Å². The Labute approximate surface area is 119 Å². The van der Waals surface area contributed by atoms with Gasteiger partial charge in [0, 0.05) is 12.7 Å². The van der Waals surface area contributed by atoms with Crippen molar-refractivity contribution in [2.75, 3.05) is 0 Å². The van der Waals surface area contributed by atoms with Crippen molar-refractivity contribution in [1.29, 1.82) is 0 Å². The summed E-state index contributed by atoms with van der Waals surface area (Å²) in [6.45, 7) is 1.61. The average Bonchev–Trinajstić information content (AvgIpc) is 2.46. The highest BCUT2D eigenvalue weighted by Crippen LogP contribution is 2.20. The lowest BCUT2D eigenvalue weighted by molar-refractivity contribution is 0.464. The number of rotatable bonds is 3. The number of fused-ring (bicyclic) bond motifs is 1. The van der Waals surface area contributed by atoms with Crippen molar-refractivity contribution < 1.29 is 4.42 Å². The first kappa shape index (κ1) is 12.8. The molecule has 3 aromatic rings. The minimum atomic E-state index is -0.498. The quantitative estimate of drug-likeness (QED) is 0.689. The van der Waals surface area contributed by atoms with Crippen LogP contribution < -0.4 is 5.63 Å². The van der Waals surface area contributed by atoms with E-state index in [0.29, 0.717) is 16.6 Å². The van der Waals surface area contributed by atoms with Gasteiger partial charge in [-0.25, -0.2) is 14.8 Å². The SMILES string of the molecule is Cc1nc2ncc(SCc3ccccc3)nc2c(=O)o1. The highest BCUT2D eigenvalue weighted by molar-refractivity contribution is 7.98. The molecule has 0 spiro atoms. The van der Waals surface area contributed by atoms with Crippen LogP contribution in [0.2, 0.25) is 0 Å². The molecule has 0 aliphatic carbocycles. The van der Waals surface area contributed by atoms with Crippen LogP contribution in [0.5, 0.6) is 0 Å². The minimum absolute atomic E-state index is 0.175. The van der Waals surface area contributed by atoms with Crippen LogP contribution in [0.15, 0.2) is 50.8 Å². The van der Waals surface area contributed by atoms with Gasteiger partial charge in [0.2, 0.25) is 0 Å². The molecule has 0 atom stereocenters. The molecule has 0 amide bonds. The molecule has 6 heteroatoms. The molecule has 5 nitrogen and oxygen atoms in total. The number of benzene rings is 1. The number of aromatic nitrogens is 3. The highest BCUT2D eigenvalue weighted by atomic mass is 32.2. The van der Waals surface area contributed by atoms with Crippen molar-refractivity contribution in [2.24, 2.45) is 0 Å². The second-order valence-electron chi connectivity index (χ2n) is 4.18.